The Balaban J connectivity index is 1.85. The molecule has 0 spiro atoms. The molecule has 128 valence electrons. The third-order valence-electron chi connectivity index (χ3n) is 3.57. The van der Waals surface area contributed by atoms with Gasteiger partial charge in [0, 0.05) is 0 Å². The van der Waals surface area contributed by atoms with Crippen LogP contribution in [0.5, 0.6) is 0 Å². The number of hydrogen-bond donors (Lipinski definition) is 5. The summed E-state index contributed by atoms with van der Waals surface area (Å²) >= 11 is 0. The minimum atomic E-state index is -1.56. The number of hydrogen-bond acceptors (Lipinski definition) is 9. The minimum absolute atomic E-state index is 0.127. The van der Waals surface area contributed by atoms with E-state index in [-0.39, 0.29) is 17.0 Å². The number of rotatable bonds is 4. The van der Waals surface area contributed by atoms with Gasteiger partial charge in [-0.3, -0.25) is 14.2 Å². The highest BCUT2D eigenvalue weighted by atomic mass is 16.6. The number of carboxylic acids is 1. The molecule has 4 atom stereocenters. The summed E-state index contributed by atoms with van der Waals surface area (Å²) in [6, 6.07) is 0. The van der Waals surface area contributed by atoms with Crippen LogP contribution in [0.2, 0.25) is 0 Å². The Hall–Kier alpha value is -2.83. The first-order valence-electron chi connectivity index (χ1n) is 6.84. The van der Waals surface area contributed by atoms with Crippen molar-refractivity contribution in [3.05, 3.63) is 12.7 Å². The van der Waals surface area contributed by atoms with Gasteiger partial charge in [-0.05, 0) is 0 Å². The maximum atomic E-state index is 11.9. The molecule has 24 heavy (non-hydrogen) atoms. The molecule has 6 N–H and O–H groups in total. The lowest BCUT2D eigenvalue weighted by atomic mass is 10.1. The van der Waals surface area contributed by atoms with E-state index < -0.39 is 43.0 Å². The number of aliphatic carboxylic acids is 1. The molecule has 0 aromatic carbocycles. The average molecular weight is 338 g/mol. The third kappa shape index (κ3) is 2.62. The van der Waals surface area contributed by atoms with Crippen LogP contribution in [0.25, 0.3) is 11.2 Å². The molecule has 3 rings (SSSR count). The summed E-state index contributed by atoms with van der Waals surface area (Å²) in [5.41, 5.74) is 6.21. The van der Waals surface area contributed by atoms with Gasteiger partial charge in [0.05, 0.1) is 6.33 Å². The maximum Gasteiger partial charge on any atom is 0.322 e. The van der Waals surface area contributed by atoms with E-state index in [1.165, 1.54) is 17.2 Å². The van der Waals surface area contributed by atoms with Crippen LogP contribution in [-0.4, -0.2) is 71.6 Å². The number of nitrogens with two attached hydrogens (primary N) is 1. The van der Waals surface area contributed by atoms with Crippen molar-refractivity contribution in [2.75, 3.05) is 12.3 Å². The zero-order chi connectivity index (χ0) is 17.4. The number of fused-ring (bicyclic) bond motifs is 1. The van der Waals surface area contributed by atoms with Gasteiger partial charge in [-0.25, -0.2) is 15.0 Å². The minimum Gasteiger partial charge on any atom is -0.480 e. The summed E-state index contributed by atoms with van der Waals surface area (Å²) in [4.78, 5) is 34.2. The van der Waals surface area contributed by atoms with E-state index in [2.05, 4.69) is 20.3 Å². The average Bonchev–Trinajstić information content (AvgIpc) is 3.09. The molecule has 1 saturated heterocycles. The van der Waals surface area contributed by atoms with Crippen LogP contribution in [-0.2, 0) is 14.3 Å². The Kier molecular flexibility index (Phi) is 4.01. The number of ether oxygens (including phenoxy) is 1. The summed E-state index contributed by atoms with van der Waals surface area (Å²) < 4.78 is 6.70. The molecule has 1 aliphatic rings. The van der Waals surface area contributed by atoms with E-state index in [0.717, 1.165) is 0 Å². The summed E-state index contributed by atoms with van der Waals surface area (Å²) in [5.74, 6) is -1.98. The summed E-state index contributed by atoms with van der Waals surface area (Å²) in [6.45, 7) is -0.635. The second kappa shape index (κ2) is 5.99. The molecular formula is C12H14N6O6. The fourth-order valence-corrected chi connectivity index (χ4v) is 2.43. The number of anilines is 1. The van der Waals surface area contributed by atoms with Crippen LogP contribution in [0.1, 0.15) is 6.23 Å². The van der Waals surface area contributed by atoms with Crippen molar-refractivity contribution in [2.24, 2.45) is 0 Å². The van der Waals surface area contributed by atoms with Crippen LogP contribution in [0.3, 0.4) is 0 Å². The lowest BCUT2D eigenvalue weighted by molar-refractivity contribution is -0.143. The van der Waals surface area contributed by atoms with Gasteiger partial charge in [-0.15, -0.1) is 0 Å². The molecular weight excluding hydrogens is 324 g/mol. The van der Waals surface area contributed by atoms with Gasteiger partial charge in [0.1, 0.15) is 30.6 Å². The van der Waals surface area contributed by atoms with Gasteiger partial charge in [0.2, 0.25) is 0 Å². The molecule has 12 heteroatoms. The van der Waals surface area contributed by atoms with Crippen LogP contribution in [0, 0.1) is 0 Å². The highest BCUT2D eigenvalue weighted by Crippen LogP contribution is 2.31. The predicted molar refractivity (Wildman–Crippen MR) is 76.3 cm³/mol. The van der Waals surface area contributed by atoms with Gasteiger partial charge in [0.25, 0.3) is 5.91 Å². The van der Waals surface area contributed by atoms with E-state index in [9.17, 15) is 19.8 Å². The summed E-state index contributed by atoms with van der Waals surface area (Å²) in [7, 11) is 0. The SMILES string of the molecule is Nc1ncnc2c1ncn2[C@@H]1O[C@@H](C(=O)NCC(=O)O)[C@@H](O)[C@@H]1O. The van der Waals surface area contributed by atoms with E-state index >= 15 is 0 Å². The number of amides is 1. The van der Waals surface area contributed by atoms with Gasteiger partial charge in [-0.1, -0.05) is 0 Å². The number of carboxylic acid groups (broad SMARTS) is 1. The molecule has 0 radical (unpaired) electrons. The Bertz CT molecular complexity index is 793. The molecule has 1 aliphatic heterocycles. The Morgan fingerprint density at radius 2 is 2.04 bits per heavy atom. The highest BCUT2D eigenvalue weighted by Gasteiger charge is 2.47. The van der Waals surface area contributed by atoms with Crippen LogP contribution >= 0.6 is 0 Å². The Labute approximate surface area is 133 Å². The van der Waals surface area contributed by atoms with E-state index in [4.69, 9.17) is 15.6 Å². The van der Waals surface area contributed by atoms with E-state index in [0.29, 0.717) is 0 Å². The fraction of sp³-hybridized carbons (Fsp3) is 0.417. The van der Waals surface area contributed by atoms with Crippen LogP contribution in [0.4, 0.5) is 5.82 Å². The first kappa shape index (κ1) is 16.0. The van der Waals surface area contributed by atoms with Crippen molar-refractivity contribution in [2.45, 2.75) is 24.5 Å². The predicted octanol–water partition coefficient (Wildman–Crippen LogP) is -2.77. The number of carbonyl (C=O) groups excluding carboxylic acids is 1. The smallest absolute Gasteiger partial charge is 0.322 e. The van der Waals surface area contributed by atoms with Crippen molar-refractivity contribution in [1.29, 1.82) is 0 Å². The highest BCUT2D eigenvalue weighted by molar-refractivity contribution is 5.85. The van der Waals surface area contributed by atoms with Gasteiger partial charge in [-0.2, -0.15) is 0 Å². The fourth-order valence-electron chi connectivity index (χ4n) is 2.43. The van der Waals surface area contributed by atoms with Crippen LogP contribution < -0.4 is 11.1 Å². The van der Waals surface area contributed by atoms with Crippen LogP contribution in [0.15, 0.2) is 12.7 Å². The maximum absolute atomic E-state index is 11.9. The molecule has 12 nitrogen and oxygen atoms in total. The second-order valence-electron chi connectivity index (χ2n) is 5.12. The van der Waals surface area contributed by atoms with Gasteiger partial charge >= 0.3 is 5.97 Å². The summed E-state index contributed by atoms with van der Waals surface area (Å²) in [6.07, 6.45) is -3.13. The molecule has 3 heterocycles. The third-order valence-corrected chi connectivity index (χ3v) is 3.57. The largest absolute Gasteiger partial charge is 0.480 e. The van der Waals surface area contributed by atoms with Gasteiger partial charge in [0.15, 0.2) is 23.8 Å². The zero-order valence-electron chi connectivity index (χ0n) is 12.1. The van der Waals surface area contributed by atoms with Crippen molar-refractivity contribution in [3.63, 3.8) is 0 Å². The number of carbonyl (C=O) groups is 2. The standard InChI is InChI=1S/C12H14N6O6/c13-9-5-10(16-2-15-9)18(3-17-5)12-7(22)6(21)8(24-12)11(23)14-1-4(19)20/h2-3,6-8,12,21-22H,1H2,(H,14,23)(H,19,20)(H2,13,15,16)/t6-,7-,8+,12+/m0/s1. The number of imidazole rings is 1. The van der Waals surface area contributed by atoms with Crippen molar-refractivity contribution >= 4 is 28.9 Å². The lowest BCUT2D eigenvalue weighted by Crippen LogP contribution is -2.44. The van der Waals surface area contributed by atoms with E-state index in [1.54, 1.807) is 0 Å². The second-order valence-corrected chi connectivity index (χ2v) is 5.12. The summed E-state index contributed by atoms with van der Waals surface area (Å²) in [5, 5.41) is 30.8. The molecule has 0 saturated carbocycles. The molecule has 1 amide bonds. The number of aliphatic hydroxyl groups excluding tert-OH is 2. The molecule has 2 aromatic heterocycles. The molecule has 1 fully saturated rings. The normalized spacial score (nSPS) is 26.6. The monoisotopic (exact) mass is 338 g/mol. The lowest BCUT2D eigenvalue weighted by Gasteiger charge is -2.16. The number of nitrogen functional groups attached to an aromatic ring is 1. The Morgan fingerprint density at radius 1 is 1.29 bits per heavy atom. The molecule has 0 bridgehead atoms. The zero-order valence-corrected chi connectivity index (χ0v) is 12.1. The van der Waals surface area contributed by atoms with E-state index in [1.807, 2.05) is 0 Å². The quantitative estimate of drug-likeness (QED) is 0.390. The van der Waals surface area contributed by atoms with Gasteiger partial charge < -0.3 is 31.1 Å². The first-order valence-corrected chi connectivity index (χ1v) is 6.84. The molecule has 2 aromatic rings. The molecule has 0 unspecified atom stereocenters. The number of aromatic nitrogens is 4. The number of nitrogens with one attached hydrogen (secondary N) is 1. The van der Waals surface area contributed by atoms with Crippen molar-refractivity contribution in [3.8, 4) is 0 Å². The Morgan fingerprint density at radius 3 is 2.75 bits per heavy atom. The first-order chi connectivity index (χ1) is 11.4. The number of aliphatic hydroxyl groups is 2. The topological polar surface area (TPSA) is 186 Å². The van der Waals surface area contributed by atoms with Crippen molar-refractivity contribution < 1.29 is 29.6 Å². The molecule has 0 aliphatic carbocycles. The number of nitrogens with zero attached hydrogens (tertiary/aromatic N) is 4. The van der Waals surface area contributed by atoms with Crippen molar-refractivity contribution in [1.82, 2.24) is 24.8 Å².